The maximum atomic E-state index is 13.2. The second-order valence-electron chi connectivity index (χ2n) is 8.00. The number of carbonyl (C=O) groups is 1. The van der Waals surface area contributed by atoms with Crippen LogP contribution in [0.25, 0.3) is 0 Å². The molecule has 1 amide bonds. The molecule has 2 aromatic rings. The van der Waals surface area contributed by atoms with Crippen LogP contribution < -0.4 is 9.62 Å². The number of amides is 1. The number of benzene rings is 2. The van der Waals surface area contributed by atoms with Crippen LogP contribution in [-0.2, 0) is 21.2 Å². The summed E-state index contributed by atoms with van der Waals surface area (Å²) in [6.45, 7) is 2.62. The van der Waals surface area contributed by atoms with Crippen LogP contribution in [0.1, 0.15) is 56.1 Å². The fourth-order valence-corrected chi connectivity index (χ4v) is 5.89. The minimum atomic E-state index is -3.52. The smallest absolute Gasteiger partial charge is 0.240 e. The second kappa shape index (κ2) is 8.28. The third kappa shape index (κ3) is 4.09. The minimum absolute atomic E-state index is 0.0440. The van der Waals surface area contributed by atoms with Gasteiger partial charge >= 0.3 is 0 Å². The Morgan fingerprint density at radius 1 is 1.14 bits per heavy atom. The van der Waals surface area contributed by atoms with Gasteiger partial charge in [-0.3, -0.25) is 4.79 Å². The Balaban J connectivity index is 1.56. The van der Waals surface area contributed by atoms with Crippen LogP contribution in [0.2, 0.25) is 0 Å². The maximum absolute atomic E-state index is 13.2. The maximum Gasteiger partial charge on any atom is 0.240 e. The molecule has 0 radical (unpaired) electrons. The van der Waals surface area contributed by atoms with Crippen molar-refractivity contribution in [3.63, 3.8) is 0 Å². The predicted octanol–water partition coefficient (Wildman–Crippen LogP) is 3.99. The molecule has 2 aromatic carbocycles. The van der Waals surface area contributed by atoms with Crippen LogP contribution in [0.3, 0.4) is 0 Å². The first-order chi connectivity index (χ1) is 14.0. The van der Waals surface area contributed by atoms with Gasteiger partial charge in [0.1, 0.15) is 0 Å². The zero-order valence-corrected chi connectivity index (χ0v) is 17.6. The fraction of sp³-hybridized carbons (Fsp3) is 0.435. The van der Waals surface area contributed by atoms with Crippen molar-refractivity contribution in [2.45, 2.75) is 62.3 Å². The van der Waals surface area contributed by atoms with Gasteiger partial charge in [-0.15, -0.1) is 0 Å². The van der Waals surface area contributed by atoms with Gasteiger partial charge in [0, 0.05) is 18.3 Å². The standard InChI is InChI=1S/C23H28N2O3S/c1-2-21(17-8-4-3-5-9-17)23(26)25-15-14-18-16-20(12-13-22(18)25)29(27,28)24-19-10-6-7-11-19/h3-5,8-9,12-13,16,19,21,24H,2,6-7,10-11,14-15H2,1H3/t21-/m1/s1. The highest BCUT2D eigenvalue weighted by atomic mass is 32.2. The summed E-state index contributed by atoms with van der Waals surface area (Å²) in [5.74, 6) is -0.105. The molecule has 2 aliphatic rings. The van der Waals surface area contributed by atoms with E-state index >= 15 is 0 Å². The van der Waals surface area contributed by atoms with Crippen molar-refractivity contribution in [1.29, 1.82) is 0 Å². The van der Waals surface area contributed by atoms with Gasteiger partial charge in [-0.1, -0.05) is 50.1 Å². The second-order valence-corrected chi connectivity index (χ2v) is 9.72. The number of hydrogen-bond donors (Lipinski definition) is 1. The van der Waals surface area contributed by atoms with Gasteiger partial charge in [-0.25, -0.2) is 13.1 Å². The molecule has 29 heavy (non-hydrogen) atoms. The fourth-order valence-electron chi connectivity index (χ4n) is 4.53. The molecule has 1 aliphatic carbocycles. The molecule has 5 nitrogen and oxygen atoms in total. The highest BCUT2D eigenvalue weighted by molar-refractivity contribution is 7.89. The summed E-state index contributed by atoms with van der Waals surface area (Å²) >= 11 is 0. The molecule has 1 atom stereocenters. The number of nitrogens with one attached hydrogen (secondary N) is 1. The molecular formula is C23H28N2O3S. The molecule has 0 spiro atoms. The predicted molar refractivity (Wildman–Crippen MR) is 115 cm³/mol. The molecular weight excluding hydrogens is 384 g/mol. The summed E-state index contributed by atoms with van der Waals surface area (Å²) < 4.78 is 28.3. The topological polar surface area (TPSA) is 66.5 Å². The summed E-state index contributed by atoms with van der Waals surface area (Å²) in [7, 11) is -3.52. The third-order valence-corrected chi connectivity index (χ3v) is 7.63. The average molecular weight is 413 g/mol. The Labute approximate surface area is 173 Å². The van der Waals surface area contributed by atoms with Crippen LogP contribution in [0.15, 0.2) is 53.4 Å². The van der Waals surface area contributed by atoms with E-state index in [-0.39, 0.29) is 17.9 Å². The SMILES string of the molecule is CC[C@@H](C(=O)N1CCc2cc(S(=O)(=O)NC3CCCC3)ccc21)c1ccccc1. The van der Waals surface area contributed by atoms with Crippen LogP contribution in [0, 0.1) is 0 Å². The summed E-state index contributed by atoms with van der Waals surface area (Å²) in [5, 5.41) is 0. The molecule has 0 unspecified atom stereocenters. The lowest BCUT2D eigenvalue weighted by Crippen LogP contribution is -2.34. The third-order valence-electron chi connectivity index (χ3n) is 6.11. The van der Waals surface area contributed by atoms with Gasteiger partial charge in [0.25, 0.3) is 0 Å². The summed E-state index contributed by atoms with van der Waals surface area (Å²) in [6, 6.07) is 15.1. The van der Waals surface area contributed by atoms with E-state index in [9.17, 15) is 13.2 Å². The number of rotatable bonds is 6. The first-order valence-corrected chi connectivity index (χ1v) is 12.0. The van der Waals surface area contributed by atoms with Crippen molar-refractivity contribution in [3.05, 3.63) is 59.7 Å². The number of nitrogens with zero attached hydrogens (tertiary/aromatic N) is 1. The van der Waals surface area contributed by atoms with Crippen LogP contribution in [-0.4, -0.2) is 26.9 Å². The highest BCUT2D eigenvalue weighted by Crippen LogP contribution is 2.34. The van der Waals surface area contributed by atoms with E-state index in [0.29, 0.717) is 17.9 Å². The Kier molecular flexibility index (Phi) is 5.74. The number of fused-ring (bicyclic) bond motifs is 1. The first-order valence-electron chi connectivity index (χ1n) is 10.5. The largest absolute Gasteiger partial charge is 0.311 e. The van der Waals surface area contributed by atoms with E-state index in [2.05, 4.69) is 4.72 Å². The van der Waals surface area contributed by atoms with Crippen molar-refractivity contribution in [2.24, 2.45) is 0 Å². The van der Waals surface area contributed by atoms with Gasteiger partial charge in [0.15, 0.2) is 0 Å². The van der Waals surface area contributed by atoms with E-state index in [1.54, 1.807) is 18.2 Å². The summed E-state index contributed by atoms with van der Waals surface area (Å²) in [6.07, 6.45) is 5.38. The number of carbonyl (C=O) groups excluding carboxylic acids is 1. The van der Waals surface area contributed by atoms with Crippen LogP contribution in [0.5, 0.6) is 0 Å². The van der Waals surface area contributed by atoms with E-state index in [1.165, 1.54) is 0 Å². The minimum Gasteiger partial charge on any atom is -0.311 e. The molecule has 0 aromatic heterocycles. The van der Waals surface area contributed by atoms with E-state index < -0.39 is 10.0 Å². The van der Waals surface area contributed by atoms with E-state index in [4.69, 9.17) is 0 Å². The number of anilines is 1. The quantitative estimate of drug-likeness (QED) is 0.780. The lowest BCUT2D eigenvalue weighted by atomic mass is 9.95. The van der Waals surface area contributed by atoms with Gasteiger partial charge in [-0.2, -0.15) is 0 Å². The Morgan fingerprint density at radius 2 is 1.86 bits per heavy atom. The molecule has 4 rings (SSSR count). The molecule has 1 N–H and O–H groups in total. The van der Waals surface area contributed by atoms with Crippen molar-refractivity contribution in [2.75, 3.05) is 11.4 Å². The molecule has 1 fully saturated rings. The molecule has 154 valence electrons. The first kappa shape index (κ1) is 20.1. The summed E-state index contributed by atoms with van der Waals surface area (Å²) in [5.41, 5.74) is 2.79. The van der Waals surface area contributed by atoms with E-state index in [1.807, 2.05) is 42.2 Å². The summed E-state index contributed by atoms with van der Waals surface area (Å²) in [4.78, 5) is 15.4. The molecule has 1 saturated carbocycles. The van der Waals surface area contributed by atoms with Crippen molar-refractivity contribution in [1.82, 2.24) is 4.72 Å². The molecule has 0 saturated heterocycles. The average Bonchev–Trinajstić information content (AvgIpc) is 3.38. The van der Waals surface area contributed by atoms with Gasteiger partial charge in [-0.05, 0) is 55.0 Å². The van der Waals surface area contributed by atoms with Crippen LogP contribution in [0.4, 0.5) is 5.69 Å². The van der Waals surface area contributed by atoms with Gasteiger partial charge in [0.2, 0.25) is 15.9 Å². The number of sulfonamides is 1. The number of hydrogen-bond acceptors (Lipinski definition) is 3. The zero-order chi connectivity index (χ0) is 20.4. The Morgan fingerprint density at radius 3 is 2.55 bits per heavy atom. The zero-order valence-electron chi connectivity index (χ0n) is 16.8. The lowest BCUT2D eigenvalue weighted by Gasteiger charge is -2.24. The van der Waals surface area contributed by atoms with Crippen molar-refractivity contribution in [3.8, 4) is 0 Å². The lowest BCUT2D eigenvalue weighted by molar-refractivity contribution is -0.120. The normalized spacial score (nSPS) is 18.0. The van der Waals surface area contributed by atoms with Crippen LogP contribution >= 0.6 is 0 Å². The van der Waals surface area contributed by atoms with E-state index in [0.717, 1.165) is 48.9 Å². The molecule has 6 heteroatoms. The Bertz CT molecular complexity index is 982. The monoisotopic (exact) mass is 412 g/mol. The molecule has 1 aliphatic heterocycles. The molecule has 0 bridgehead atoms. The van der Waals surface area contributed by atoms with Gasteiger partial charge < -0.3 is 4.90 Å². The van der Waals surface area contributed by atoms with Crippen molar-refractivity contribution >= 4 is 21.6 Å². The van der Waals surface area contributed by atoms with Gasteiger partial charge in [0.05, 0.1) is 10.8 Å². The molecule has 1 heterocycles. The Hall–Kier alpha value is -2.18. The van der Waals surface area contributed by atoms with Crippen molar-refractivity contribution < 1.29 is 13.2 Å². The highest BCUT2D eigenvalue weighted by Gasteiger charge is 2.31.